The number of amides is 1. The van der Waals surface area contributed by atoms with E-state index in [-0.39, 0.29) is 18.1 Å². The molecule has 0 aliphatic heterocycles. The molecule has 2 aromatic rings. The SMILES string of the molecule is Cc1nn(C)c(C)c1OCC(=O)N(C)Cc1ccc(C(=O)O)cc1. The lowest BCUT2D eigenvalue weighted by molar-refractivity contribution is -0.132. The van der Waals surface area contributed by atoms with Gasteiger partial charge in [0.05, 0.1) is 11.3 Å². The summed E-state index contributed by atoms with van der Waals surface area (Å²) in [5.74, 6) is -0.508. The molecular weight excluding hydrogens is 310 g/mol. The second-order valence-electron chi connectivity index (χ2n) is 5.66. The Labute approximate surface area is 140 Å². The van der Waals surface area contributed by atoms with Gasteiger partial charge in [-0.25, -0.2) is 4.79 Å². The predicted octanol–water partition coefficient (Wildman–Crippen LogP) is 1.77. The summed E-state index contributed by atoms with van der Waals surface area (Å²) in [7, 11) is 3.50. The van der Waals surface area contributed by atoms with Crippen molar-refractivity contribution < 1.29 is 19.4 Å². The van der Waals surface area contributed by atoms with E-state index in [9.17, 15) is 9.59 Å². The minimum atomic E-state index is -0.971. The number of benzene rings is 1. The highest BCUT2D eigenvalue weighted by atomic mass is 16.5. The van der Waals surface area contributed by atoms with E-state index in [0.29, 0.717) is 12.3 Å². The van der Waals surface area contributed by atoms with E-state index in [1.807, 2.05) is 20.9 Å². The molecule has 1 N–H and O–H groups in total. The van der Waals surface area contributed by atoms with E-state index < -0.39 is 5.97 Å². The number of aromatic carboxylic acids is 1. The molecular formula is C17H21N3O4. The maximum atomic E-state index is 12.2. The van der Waals surface area contributed by atoms with Crippen LogP contribution in [0.5, 0.6) is 5.75 Å². The third-order valence-electron chi connectivity index (χ3n) is 3.83. The molecule has 0 unspecified atom stereocenters. The van der Waals surface area contributed by atoms with Crippen LogP contribution in [0.4, 0.5) is 0 Å². The lowest BCUT2D eigenvalue weighted by Crippen LogP contribution is -2.31. The van der Waals surface area contributed by atoms with Crippen molar-refractivity contribution in [2.24, 2.45) is 7.05 Å². The number of carbonyl (C=O) groups is 2. The summed E-state index contributed by atoms with van der Waals surface area (Å²) in [6.07, 6.45) is 0. The maximum Gasteiger partial charge on any atom is 0.335 e. The molecule has 0 saturated heterocycles. The zero-order valence-corrected chi connectivity index (χ0v) is 14.2. The van der Waals surface area contributed by atoms with Crippen LogP contribution >= 0.6 is 0 Å². The molecule has 1 aromatic carbocycles. The van der Waals surface area contributed by atoms with Gasteiger partial charge in [0.25, 0.3) is 5.91 Å². The highest BCUT2D eigenvalue weighted by molar-refractivity contribution is 5.87. The first-order valence-electron chi connectivity index (χ1n) is 7.48. The molecule has 0 bridgehead atoms. The molecule has 1 heterocycles. The van der Waals surface area contributed by atoms with E-state index >= 15 is 0 Å². The third-order valence-corrected chi connectivity index (χ3v) is 3.83. The maximum absolute atomic E-state index is 12.2. The van der Waals surface area contributed by atoms with Gasteiger partial charge >= 0.3 is 5.97 Å². The van der Waals surface area contributed by atoms with Crippen molar-refractivity contribution in [1.82, 2.24) is 14.7 Å². The molecule has 2 rings (SSSR count). The van der Waals surface area contributed by atoms with Gasteiger partial charge in [0.2, 0.25) is 0 Å². The van der Waals surface area contributed by atoms with Crippen LogP contribution in [-0.4, -0.2) is 45.3 Å². The number of hydrogen-bond acceptors (Lipinski definition) is 4. The average molecular weight is 331 g/mol. The lowest BCUT2D eigenvalue weighted by Gasteiger charge is -2.17. The van der Waals surface area contributed by atoms with Crippen molar-refractivity contribution in [1.29, 1.82) is 0 Å². The molecule has 0 atom stereocenters. The molecule has 128 valence electrons. The normalized spacial score (nSPS) is 10.5. The van der Waals surface area contributed by atoms with Crippen LogP contribution in [0.1, 0.15) is 27.3 Å². The second-order valence-corrected chi connectivity index (χ2v) is 5.66. The van der Waals surface area contributed by atoms with Crippen molar-refractivity contribution in [2.45, 2.75) is 20.4 Å². The number of aromatic nitrogens is 2. The standard InChI is InChI=1S/C17H21N3O4/c1-11-16(12(2)20(4)18-11)24-10-15(21)19(3)9-13-5-7-14(8-6-13)17(22)23/h5-8H,9-10H2,1-4H3,(H,22,23). The van der Waals surface area contributed by atoms with Gasteiger partial charge < -0.3 is 14.7 Å². The van der Waals surface area contributed by atoms with Gasteiger partial charge in [-0.2, -0.15) is 5.10 Å². The highest BCUT2D eigenvalue weighted by Crippen LogP contribution is 2.21. The smallest absolute Gasteiger partial charge is 0.335 e. The Bertz CT molecular complexity index is 750. The monoisotopic (exact) mass is 331 g/mol. The first-order chi connectivity index (χ1) is 11.3. The first kappa shape index (κ1) is 17.5. The summed E-state index contributed by atoms with van der Waals surface area (Å²) in [5.41, 5.74) is 2.69. The van der Waals surface area contributed by atoms with Crippen LogP contribution in [0, 0.1) is 13.8 Å². The van der Waals surface area contributed by atoms with E-state index in [1.54, 1.807) is 23.9 Å². The fraction of sp³-hybridized carbons (Fsp3) is 0.353. The second kappa shape index (κ2) is 7.16. The van der Waals surface area contributed by atoms with Crippen LogP contribution in [0.2, 0.25) is 0 Å². The van der Waals surface area contributed by atoms with Gasteiger partial charge in [-0.15, -0.1) is 0 Å². The molecule has 1 amide bonds. The van der Waals surface area contributed by atoms with Gasteiger partial charge in [-0.05, 0) is 31.5 Å². The number of rotatable bonds is 6. The number of hydrogen-bond donors (Lipinski definition) is 1. The summed E-state index contributed by atoms with van der Waals surface area (Å²) in [4.78, 5) is 24.6. The third kappa shape index (κ3) is 3.92. The van der Waals surface area contributed by atoms with E-state index in [0.717, 1.165) is 17.0 Å². The molecule has 0 radical (unpaired) electrons. The fourth-order valence-corrected chi connectivity index (χ4v) is 2.32. The van der Waals surface area contributed by atoms with Gasteiger partial charge in [0.15, 0.2) is 12.4 Å². The largest absolute Gasteiger partial charge is 0.480 e. The molecule has 0 aliphatic rings. The molecule has 0 spiro atoms. The van der Waals surface area contributed by atoms with E-state index in [2.05, 4.69) is 5.10 Å². The number of carbonyl (C=O) groups excluding carboxylic acids is 1. The molecule has 7 nitrogen and oxygen atoms in total. The van der Waals surface area contributed by atoms with Gasteiger partial charge in [-0.3, -0.25) is 9.48 Å². The topological polar surface area (TPSA) is 84.7 Å². The van der Waals surface area contributed by atoms with Crippen molar-refractivity contribution in [3.63, 3.8) is 0 Å². The number of carboxylic acid groups (broad SMARTS) is 1. The minimum Gasteiger partial charge on any atom is -0.480 e. The molecule has 7 heteroatoms. The first-order valence-corrected chi connectivity index (χ1v) is 7.48. The molecule has 0 aliphatic carbocycles. The van der Waals surface area contributed by atoms with Crippen LogP contribution in [-0.2, 0) is 18.4 Å². The van der Waals surface area contributed by atoms with Crippen LogP contribution < -0.4 is 4.74 Å². The number of likely N-dealkylation sites (N-methyl/N-ethyl adjacent to an activating group) is 1. The van der Waals surface area contributed by atoms with E-state index in [4.69, 9.17) is 9.84 Å². The van der Waals surface area contributed by atoms with Crippen LogP contribution in [0.15, 0.2) is 24.3 Å². The summed E-state index contributed by atoms with van der Waals surface area (Å²) in [6.45, 7) is 4.03. The van der Waals surface area contributed by atoms with Crippen molar-refractivity contribution in [3.05, 3.63) is 46.8 Å². The lowest BCUT2D eigenvalue weighted by atomic mass is 10.1. The summed E-state index contributed by atoms with van der Waals surface area (Å²) >= 11 is 0. The molecule has 24 heavy (non-hydrogen) atoms. The van der Waals surface area contributed by atoms with Gasteiger partial charge in [-0.1, -0.05) is 12.1 Å². The molecule has 1 aromatic heterocycles. The van der Waals surface area contributed by atoms with Crippen molar-refractivity contribution >= 4 is 11.9 Å². The van der Waals surface area contributed by atoms with Crippen molar-refractivity contribution in [3.8, 4) is 5.75 Å². The van der Waals surface area contributed by atoms with Crippen molar-refractivity contribution in [2.75, 3.05) is 13.7 Å². The molecule has 0 fully saturated rings. The Morgan fingerprint density at radius 1 is 1.25 bits per heavy atom. The molecule has 0 saturated carbocycles. The number of ether oxygens (including phenoxy) is 1. The summed E-state index contributed by atoms with van der Waals surface area (Å²) < 4.78 is 7.32. The Kier molecular flexibility index (Phi) is 5.23. The summed E-state index contributed by atoms with van der Waals surface area (Å²) in [6, 6.07) is 6.44. The minimum absolute atomic E-state index is 0.0723. The predicted molar refractivity (Wildman–Crippen MR) is 88.1 cm³/mol. The highest BCUT2D eigenvalue weighted by Gasteiger charge is 2.15. The van der Waals surface area contributed by atoms with E-state index in [1.165, 1.54) is 17.0 Å². The quantitative estimate of drug-likeness (QED) is 0.872. The Hall–Kier alpha value is -2.83. The number of nitrogens with zero attached hydrogens (tertiary/aromatic N) is 3. The Balaban J connectivity index is 1.93. The number of carboxylic acids is 1. The Morgan fingerprint density at radius 2 is 1.88 bits per heavy atom. The number of aryl methyl sites for hydroxylation is 2. The van der Waals surface area contributed by atoms with Gasteiger partial charge in [0, 0.05) is 20.6 Å². The summed E-state index contributed by atoms with van der Waals surface area (Å²) in [5, 5.41) is 13.1. The van der Waals surface area contributed by atoms with Crippen LogP contribution in [0.25, 0.3) is 0 Å². The fourth-order valence-electron chi connectivity index (χ4n) is 2.32. The zero-order valence-electron chi connectivity index (χ0n) is 14.2. The Morgan fingerprint density at radius 3 is 2.38 bits per heavy atom. The van der Waals surface area contributed by atoms with Crippen LogP contribution in [0.3, 0.4) is 0 Å². The zero-order chi connectivity index (χ0) is 17.9. The van der Waals surface area contributed by atoms with Gasteiger partial charge in [0.1, 0.15) is 5.69 Å². The average Bonchev–Trinajstić information content (AvgIpc) is 2.78.